The predicted octanol–water partition coefficient (Wildman–Crippen LogP) is 4.85. The number of hydrogen-bond donors (Lipinski definition) is 1. The van der Waals surface area contributed by atoms with Crippen molar-refractivity contribution >= 4 is 23.6 Å². The molecule has 1 heterocycles. The second-order valence-corrected chi connectivity index (χ2v) is 8.74. The zero-order valence-corrected chi connectivity index (χ0v) is 18.2. The number of halogens is 2. The van der Waals surface area contributed by atoms with E-state index in [0.717, 1.165) is 16.7 Å². The Balaban J connectivity index is 1.60. The van der Waals surface area contributed by atoms with E-state index >= 15 is 0 Å². The van der Waals surface area contributed by atoms with Crippen molar-refractivity contribution < 1.29 is 18.4 Å². The summed E-state index contributed by atoms with van der Waals surface area (Å²) in [6, 6.07) is 18.4. The minimum Gasteiger partial charge on any atom is -0.350 e. The lowest BCUT2D eigenvalue weighted by atomic mass is 10.1. The maximum Gasteiger partial charge on any atom is 0.256 e. The fourth-order valence-electron chi connectivity index (χ4n) is 3.70. The van der Waals surface area contributed by atoms with Crippen molar-refractivity contribution in [3.8, 4) is 0 Å². The van der Waals surface area contributed by atoms with E-state index in [1.54, 1.807) is 41.3 Å². The number of benzene rings is 3. The molecule has 4 nitrogen and oxygen atoms in total. The molecule has 3 aromatic carbocycles. The largest absolute Gasteiger partial charge is 0.350 e. The van der Waals surface area contributed by atoms with Crippen LogP contribution < -0.4 is 5.32 Å². The standard InChI is InChI=1S/C25H22F2N2O2S/c1-16-4-2-3-5-21(16)24(31)29-22(15-32-25(29)18-8-12-20(27)13-9-18)23(30)28-14-17-6-10-19(26)11-7-17/h2-13,22,25H,14-15H2,1H3,(H,28,30). The first-order valence-corrected chi connectivity index (χ1v) is 11.3. The Morgan fingerprint density at radius 2 is 1.59 bits per heavy atom. The van der Waals surface area contributed by atoms with Gasteiger partial charge in [-0.1, -0.05) is 42.5 Å². The minimum atomic E-state index is -0.692. The Bertz CT molecular complexity index is 1120. The molecular formula is C25H22F2N2O2S. The van der Waals surface area contributed by atoms with Gasteiger partial charge in [0, 0.05) is 17.9 Å². The Hall–Kier alpha value is -3.19. The van der Waals surface area contributed by atoms with Crippen molar-refractivity contribution in [1.29, 1.82) is 0 Å². The highest BCUT2D eigenvalue weighted by Crippen LogP contribution is 2.42. The van der Waals surface area contributed by atoms with Gasteiger partial charge in [0.15, 0.2) is 0 Å². The van der Waals surface area contributed by atoms with E-state index < -0.39 is 11.4 Å². The van der Waals surface area contributed by atoms with Crippen LogP contribution >= 0.6 is 11.8 Å². The van der Waals surface area contributed by atoms with E-state index in [-0.39, 0.29) is 30.0 Å². The van der Waals surface area contributed by atoms with Gasteiger partial charge in [0.1, 0.15) is 23.1 Å². The monoisotopic (exact) mass is 452 g/mol. The molecule has 0 saturated carbocycles. The summed E-state index contributed by atoms with van der Waals surface area (Å²) in [5.41, 5.74) is 2.86. The highest BCUT2D eigenvalue weighted by atomic mass is 32.2. The van der Waals surface area contributed by atoms with Crippen LogP contribution in [0.15, 0.2) is 72.8 Å². The normalized spacial score (nSPS) is 17.9. The number of aryl methyl sites for hydroxylation is 1. The lowest BCUT2D eigenvalue weighted by molar-refractivity contribution is -0.125. The summed E-state index contributed by atoms with van der Waals surface area (Å²) in [5, 5.41) is 2.45. The molecule has 32 heavy (non-hydrogen) atoms. The lowest BCUT2D eigenvalue weighted by Crippen LogP contribution is -2.48. The molecule has 0 spiro atoms. The van der Waals surface area contributed by atoms with Gasteiger partial charge in [0.25, 0.3) is 5.91 Å². The summed E-state index contributed by atoms with van der Waals surface area (Å²) in [6.45, 7) is 2.08. The summed E-state index contributed by atoms with van der Waals surface area (Å²) >= 11 is 1.47. The second kappa shape index (κ2) is 9.53. The van der Waals surface area contributed by atoms with Crippen LogP contribution in [0.1, 0.15) is 32.4 Å². The van der Waals surface area contributed by atoms with E-state index in [1.807, 2.05) is 19.1 Å². The molecule has 2 unspecified atom stereocenters. The number of amides is 2. The molecule has 2 amide bonds. The van der Waals surface area contributed by atoms with Crippen molar-refractivity contribution in [3.63, 3.8) is 0 Å². The van der Waals surface area contributed by atoms with Gasteiger partial charge in [-0.05, 0) is 53.9 Å². The molecule has 1 N–H and O–H groups in total. The quantitative estimate of drug-likeness (QED) is 0.602. The number of hydrogen-bond acceptors (Lipinski definition) is 3. The Labute approximate surface area is 189 Å². The Morgan fingerprint density at radius 1 is 0.969 bits per heavy atom. The first-order chi connectivity index (χ1) is 15.4. The van der Waals surface area contributed by atoms with Crippen molar-refractivity contribution in [2.45, 2.75) is 24.9 Å². The van der Waals surface area contributed by atoms with Gasteiger partial charge in [-0.2, -0.15) is 0 Å². The van der Waals surface area contributed by atoms with Crippen LogP contribution in [0.3, 0.4) is 0 Å². The van der Waals surface area contributed by atoms with E-state index in [1.165, 1.54) is 36.0 Å². The molecule has 0 aromatic heterocycles. The maximum absolute atomic E-state index is 13.6. The molecule has 4 rings (SSSR count). The smallest absolute Gasteiger partial charge is 0.256 e. The number of nitrogens with one attached hydrogen (secondary N) is 1. The molecule has 1 fully saturated rings. The average molecular weight is 453 g/mol. The second-order valence-electron chi connectivity index (χ2n) is 7.62. The molecule has 2 atom stereocenters. The van der Waals surface area contributed by atoms with Crippen molar-refractivity contribution in [2.75, 3.05) is 5.75 Å². The molecule has 3 aromatic rings. The van der Waals surface area contributed by atoms with Crippen LogP contribution in [-0.4, -0.2) is 28.5 Å². The Morgan fingerprint density at radius 3 is 2.25 bits per heavy atom. The fourth-order valence-corrected chi connectivity index (χ4v) is 5.13. The van der Waals surface area contributed by atoms with Crippen LogP contribution in [0.5, 0.6) is 0 Å². The summed E-state index contributed by atoms with van der Waals surface area (Å²) in [6.07, 6.45) is 0. The van der Waals surface area contributed by atoms with Gasteiger partial charge in [-0.25, -0.2) is 8.78 Å². The molecular weight excluding hydrogens is 430 g/mol. The molecule has 1 saturated heterocycles. The van der Waals surface area contributed by atoms with Crippen LogP contribution in [0.2, 0.25) is 0 Å². The predicted molar refractivity (Wildman–Crippen MR) is 121 cm³/mol. The zero-order chi connectivity index (χ0) is 22.7. The van der Waals surface area contributed by atoms with Crippen molar-refractivity contribution in [1.82, 2.24) is 10.2 Å². The molecule has 0 bridgehead atoms. The molecule has 7 heteroatoms. The molecule has 1 aliphatic heterocycles. The van der Waals surface area contributed by atoms with Crippen molar-refractivity contribution in [3.05, 3.63) is 107 Å². The van der Waals surface area contributed by atoms with Crippen molar-refractivity contribution in [2.24, 2.45) is 0 Å². The Kier molecular flexibility index (Phi) is 6.55. The molecule has 0 radical (unpaired) electrons. The third-order valence-corrected chi connectivity index (χ3v) is 6.77. The van der Waals surface area contributed by atoms with Crippen LogP contribution in [0, 0.1) is 18.6 Å². The molecule has 1 aliphatic rings. The third kappa shape index (κ3) is 4.67. The number of thioether (sulfide) groups is 1. The highest BCUT2D eigenvalue weighted by molar-refractivity contribution is 7.99. The average Bonchev–Trinajstić information content (AvgIpc) is 3.24. The minimum absolute atomic E-state index is 0.230. The SMILES string of the molecule is Cc1ccccc1C(=O)N1C(C(=O)NCc2ccc(F)cc2)CSC1c1ccc(F)cc1. The van der Waals surface area contributed by atoms with E-state index in [2.05, 4.69) is 5.32 Å². The number of rotatable bonds is 5. The molecule has 0 aliphatic carbocycles. The maximum atomic E-state index is 13.6. The number of carbonyl (C=O) groups excluding carboxylic acids is 2. The molecule has 164 valence electrons. The summed E-state index contributed by atoms with van der Waals surface area (Å²) in [4.78, 5) is 28.2. The third-order valence-electron chi connectivity index (χ3n) is 5.45. The van der Waals surface area contributed by atoms with Gasteiger partial charge in [-0.15, -0.1) is 11.8 Å². The zero-order valence-electron chi connectivity index (χ0n) is 17.4. The lowest BCUT2D eigenvalue weighted by Gasteiger charge is -2.29. The van der Waals surface area contributed by atoms with E-state index in [9.17, 15) is 18.4 Å². The van der Waals surface area contributed by atoms with Gasteiger partial charge in [0.2, 0.25) is 5.91 Å². The number of carbonyl (C=O) groups is 2. The topological polar surface area (TPSA) is 49.4 Å². The van der Waals surface area contributed by atoms with Gasteiger partial charge in [0.05, 0.1) is 0 Å². The van der Waals surface area contributed by atoms with Crippen LogP contribution in [0.4, 0.5) is 8.78 Å². The van der Waals surface area contributed by atoms with Gasteiger partial charge >= 0.3 is 0 Å². The van der Waals surface area contributed by atoms with E-state index in [0.29, 0.717) is 11.3 Å². The summed E-state index contributed by atoms with van der Waals surface area (Å²) in [5.74, 6) is -0.821. The first kappa shape index (κ1) is 22.0. The van der Waals surface area contributed by atoms with Crippen LogP contribution in [0.25, 0.3) is 0 Å². The highest BCUT2D eigenvalue weighted by Gasteiger charge is 2.42. The van der Waals surface area contributed by atoms with Gasteiger partial charge in [-0.3, -0.25) is 9.59 Å². The first-order valence-electron chi connectivity index (χ1n) is 10.2. The summed E-state index contributed by atoms with van der Waals surface area (Å²) in [7, 11) is 0. The number of nitrogens with zero attached hydrogens (tertiary/aromatic N) is 1. The fraction of sp³-hybridized carbons (Fsp3) is 0.200. The summed E-state index contributed by atoms with van der Waals surface area (Å²) < 4.78 is 26.6. The van der Waals surface area contributed by atoms with E-state index in [4.69, 9.17) is 0 Å². The van der Waals surface area contributed by atoms with Crippen LogP contribution in [-0.2, 0) is 11.3 Å². The van der Waals surface area contributed by atoms with Gasteiger partial charge < -0.3 is 10.2 Å².